The zero-order valence-corrected chi connectivity index (χ0v) is 24.0. The minimum Gasteiger partial charge on any atom is -0.456 e. The van der Waals surface area contributed by atoms with Gasteiger partial charge in [-0.3, -0.25) is 39.7 Å². The number of anilines is 1. The van der Waals surface area contributed by atoms with Crippen molar-refractivity contribution in [1.29, 1.82) is 0 Å². The van der Waals surface area contributed by atoms with Gasteiger partial charge in [0.1, 0.15) is 47.7 Å². The Morgan fingerprint density at radius 3 is 2.23 bits per heavy atom. The van der Waals surface area contributed by atoms with Crippen molar-refractivity contribution in [2.45, 2.75) is 66.3 Å². The number of urea groups is 1. The monoisotopic (exact) mass is 683 g/mol. The first-order valence-corrected chi connectivity index (χ1v) is 14.0. The Morgan fingerprint density at radius 2 is 1.59 bits per heavy atom. The zero-order valence-electron chi connectivity index (χ0n) is 22.4. The van der Waals surface area contributed by atoms with Crippen LogP contribution in [0.4, 0.5) is 10.5 Å². The van der Waals surface area contributed by atoms with Crippen molar-refractivity contribution < 1.29 is 64.5 Å². The predicted octanol–water partition coefficient (Wildman–Crippen LogP) is -5.11. The van der Waals surface area contributed by atoms with E-state index in [-0.39, 0.29) is 11.3 Å². The molecule has 4 aliphatic heterocycles. The van der Waals surface area contributed by atoms with Crippen molar-refractivity contribution in [2.24, 2.45) is 10.9 Å². The van der Waals surface area contributed by atoms with Crippen molar-refractivity contribution >= 4 is 57.2 Å². The van der Waals surface area contributed by atoms with E-state index in [1.807, 2.05) is 5.32 Å². The first-order valence-electron chi connectivity index (χ1n) is 13.2. The predicted molar refractivity (Wildman–Crippen MR) is 143 cm³/mol. The maximum Gasteiger partial charge on any atom is 0.326 e. The van der Waals surface area contributed by atoms with Gasteiger partial charge in [0.2, 0.25) is 5.91 Å². The number of benzene rings is 1. The molecule has 1 aliphatic carbocycles. The van der Waals surface area contributed by atoms with Gasteiger partial charge in [-0.05, 0) is 24.6 Å². The molecule has 0 bridgehead atoms. The lowest BCUT2D eigenvalue weighted by Gasteiger charge is -2.61. The highest BCUT2D eigenvalue weighted by atomic mass is 79.9. The molecule has 3 fully saturated rings. The van der Waals surface area contributed by atoms with Gasteiger partial charge in [-0.1, -0.05) is 22.0 Å². The van der Waals surface area contributed by atoms with Crippen molar-refractivity contribution in [3.8, 4) is 0 Å². The van der Waals surface area contributed by atoms with Crippen LogP contribution in [0, 0.1) is 5.92 Å². The summed E-state index contributed by atoms with van der Waals surface area (Å²) in [4.78, 5) is 71.9. The van der Waals surface area contributed by atoms with Crippen molar-refractivity contribution in [3.63, 3.8) is 0 Å². The lowest BCUT2D eigenvalue weighted by Crippen LogP contribution is -2.86. The summed E-state index contributed by atoms with van der Waals surface area (Å²) in [6, 6.07) is 1.19. The number of hydrogen-bond donors (Lipinski definition) is 10. The molecule has 18 nitrogen and oxygen atoms in total. The molecule has 1 saturated carbocycles. The normalized spacial score (nSPS) is 42.8. The number of halogens is 1. The van der Waals surface area contributed by atoms with Gasteiger partial charge in [0.25, 0.3) is 11.8 Å². The molecular formula is C25H26BrN5O13. The van der Waals surface area contributed by atoms with E-state index in [1.165, 1.54) is 18.2 Å². The zero-order chi connectivity index (χ0) is 32.3. The SMILES string of the molecule is C[C@@]1(O)C(=O)N2[C@@H]3C(=O)NC(=O)NC3=NC[C@@]2(O)C(C(=O)OC2C(O)C(O)C(O)[C@H](O)C2O)[C@]12C(=O)Nc1cc(Br)ccc12. The van der Waals surface area contributed by atoms with E-state index in [0.29, 0.717) is 9.37 Å². The summed E-state index contributed by atoms with van der Waals surface area (Å²) in [7, 11) is 0. The third-order valence-corrected chi connectivity index (χ3v) is 9.51. The molecule has 5 amide bonds. The lowest BCUT2D eigenvalue weighted by molar-refractivity contribution is -0.259. The number of nitrogens with zero attached hydrogens (tertiary/aromatic N) is 2. The number of carbonyl (C=O) groups excluding carboxylic acids is 5. The van der Waals surface area contributed by atoms with Gasteiger partial charge in [-0.15, -0.1) is 0 Å². The average molecular weight is 684 g/mol. The number of amidine groups is 1. The number of fused-ring (bicyclic) bond motifs is 5. The molecule has 1 aromatic rings. The number of piperidine rings is 1. The topological polar surface area (TPSA) is 288 Å². The number of rotatable bonds is 2. The molecule has 19 heteroatoms. The van der Waals surface area contributed by atoms with Gasteiger partial charge in [-0.2, -0.15) is 0 Å². The number of imide groups is 1. The molecule has 0 aromatic heterocycles. The van der Waals surface area contributed by atoms with Crippen LogP contribution in [0.25, 0.3) is 0 Å². The highest BCUT2D eigenvalue weighted by Crippen LogP contribution is 2.59. The Bertz CT molecular complexity index is 1540. The summed E-state index contributed by atoms with van der Waals surface area (Å²) in [5.41, 5.74) is -8.77. The van der Waals surface area contributed by atoms with Crippen molar-refractivity contribution in [3.05, 3.63) is 28.2 Å². The lowest BCUT2D eigenvalue weighted by atomic mass is 9.54. The molecule has 1 aromatic carbocycles. The smallest absolute Gasteiger partial charge is 0.326 e. The van der Waals surface area contributed by atoms with Crippen molar-refractivity contribution in [2.75, 3.05) is 11.9 Å². The largest absolute Gasteiger partial charge is 0.456 e. The second-order valence-corrected chi connectivity index (χ2v) is 12.3. The van der Waals surface area contributed by atoms with Gasteiger partial charge < -0.3 is 45.8 Å². The van der Waals surface area contributed by atoms with E-state index in [1.54, 1.807) is 0 Å². The van der Waals surface area contributed by atoms with E-state index >= 15 is 0 Å². The molecule has 0 radical (unpaired) electrons. The van der Waals surface area contributed by atoms with Crippen LogP contribution in [0.15, 0.2) is 27.7 Å². The molecule has 11 atom stereocenters. The number of aliphatic imine (C=N–C) groups is 1. The number of ether oxygens (including phenoxy) is 1. The Labute approximate surface area is 254 Å². The fourth-order valence-corrected chi connectivity index (χ4v) is 7.28. The van der Waals surface area contributed by atoms with Crippen LogP contribution in [-0.4, -0.2) is 137 Å². The summed E-state index contributed by atoms with van der Waals surface area (Å²) < 4.78 is 5.79. The maximum absolute atomic E-state index is 14.3. The van der Waals surface area contributed by atoms with Gasteiger partial charge in [-0.25, -0.2) is 4.79 Å². The van der Waals surface area contributed by atoms with Crippen LogP contribution in [0.5, 0.6) is 0 Å². The highest BCUT2D eigenvalue weighted by Gasteiger charge is 2.80. The number of aliphatic hydroxyl groups excluding tert-OH is 5. The molecule has 6 rings (SSSR count). The molecule has 6 unspecified atom stereocenters. The Kier molecular flexibility index (Phi) is 6.73. The first-order chi connectivity index (χ1) is 20.5. The number of aliphatic hydroxyl groups is 7. The van der Waals surface area contributed by atoms with Gasteiger partial charge in [0.05, 0.1) is 6.54 Å². The minimum atomic E-state index is -2.96. The maximum atomic E-state index is 14.3. The third kappa shape index (κ3) is 3.71. The van der Waals surface area contributed by atoms with E-state index in [2.05, 4.69) is 31.6 Å². The quantitative estimate of drug-likeness (QED) is 0.131. The Hall–Kier alpha value is -3.56. The second kappa shape index (κ2) is 9.72. The fourth-order valence-electron chi connectivity index (χ4n) is 6.92. The summed E-state index contributed by atoms with van der Waals surface area (Å²) in [6.07, 6.45) is -12.9. The fraction of sp³-hybridized carbons (Fsp3) is 0.520. The summed E-state index contributed by atoms with van der Waals surface area (Å²) in [5.74, 6) is -8.18. The molecule has 4 heterocycles. The van der Waals surface area contributed by atoms with E-state index in [0.717, 1.165) is 6.92 Å². The molecule has 1 spiro atoms. The van der Waals surface area contributed by atoms with E-state index in [4.69, 9.17) is 4.74 Å². The van der Waals surface area contributed by atoms with Crippen LogP contribution in [0.2, 0.25) is 0 Å². The van der Waals surface area contributed by atoms with Gasteiger partial charge in [0.15, 0.2) is 23.5 Å². The number of amides is 5. The summed E-state index contributed by atoms with van der Waals surface area (Å²) in [6.45, 7) is -0.0700. The molecular weight excluding hydrogens is 658 g/mol. The second-order valence-electron chi connectivity index (χ2n) is 11.4. The molecule has 10 N–H and O–H groups in total. The molecule has 5 aliphatic rings. The Balaban J connectivity index is 1.57. The van der Waals surface area contributed by atoms with Crippen molar-refractivity contribution in [1.82, 2.24) is 15.5 Å². The van der Waals surface area contributed by atoms with Crippen LogP contribution in [0.1, 0.15) is 12.5 Å². The van der Waals surface area contributed by atoms with Crippen LogP contribution in [0.3, 0.4) is 0 Å². The molecule has 2 saturated heterocycles. The highest BCUT2D eigenvalue weighted by molar-refractivity contribution is 9.10. The van der Waals surface area contributed by atoms with E-state index < -0.39 is 107 Å². The Morgan fingerprint density at radius 1 is 0.977 bits per heavy atom. The van der Waals surface area contributed by atoms with Crippen LogP contribution in [-0.2, 0) is 29.3 Å². The number of esters is 1. The van der Waals surface area contributed by atoms with Crippen LogP contribution >= 0.6 is 15.9 Å². The van der Waals surface area contributed by atoms with E-state index in [9.17, 15) is 59.7 Å². The summed E-state index contributed by atoms with van der Waals surface area (Å²) in [5, 5.41) is 82.4. The standard InChI is InChI=1S/C25H26BrN5O13/c1-23(42)21(40)31-9-17(29-22(41)30-18(9)37)27-5-24(31,43)16(25(23)7-3-2-6(26)4-8(7)28-20(25)39)19(38)44-15-13(35)11(33)10(32)12(34)14(15)36/h2-4,9-16,32-36,42-43H,5H2,1H3,(H,28,39)(H2,27,29,30,37,41)/t9-,10?,11-,12?,13?,14?,15?,16?,23+,24+,25+/m0/s1. The molecule has 236 valence electrons. The summed E-state index contributed by atoms with van der Waals surface area (Å²) >= 11 is 3.24. The number of nitrogens with one attached hydrogen (secondary N) is 3. The van der Waals surface area contributed by atoms with Gasteiger partial charge >= 0.3 is 12.0 Å². The van der Waals surface area contributed by atoms with Crippen LogP contribution < -0.4 is 16.0 Å². The average Bonchev–Trinajstić information content (AvgIpc) is 3.23. The minimum absolute atomic E-state index is 0.0154. The molecule has 44 heavy (non-hydrogen) atoms. The number of carbonyl (C=O) groups is 5. The number of hydrogen-bond acceptors (Lipinski definition) is 14. The third-order valence-electron chi connectivity index (χ3n) is 9.02. The van der Waals surface area contributed by atoms with Gasteiger partial charge in [0, 0.05) is 10.2 Å². The first kappa shape index (κ1) is 30.5.